The molecular weight excluding hydrogens is 353 g/mol. The van der Waals surface area contributed by atoms with Crippen molar-refractivity contribution in [3.05, 3.63) is 59.9 Å². The summed E-state index contributed by atoms with van der Waals surface area (Å²) in [5.74, 6) is 5.94. The molecule has 0 aliphatic heterocycles. The normalized spacial score (nSPS) is 12.0. The van der Waals surface area contributed by atoms with Crippen LogP contribution in [0, 0.1) is 12.7 Å². The average molecular weight is 371 g/mol. The second-order valence-corrected chi connectivity index (χ2v) is 7.11. The first-order chi connectivity index (χ1) is 12.4. The molecule has 26 heavy (non-hydrogen) atoms. The molecule has 3 N–H and O–H groups in total. The highest BCUT2D eigenvalue weighted by atomic mass is 32.2. The number of thioether (sulfide) groups is 1. The van der Waals surface area contributed by atoms with Crippen LogP contribution in [0.5, 0.6) is 0 Å². The van der Waals surface area contributed by atoms with Gasteiger partial charge in [-0.15, -0.1) is 10.2 Å². The van der Waals surface area contributed by atoms with Crippen molar-refractivity contribution in [1.82, 2.24) is 14.9 Å². The highest BCUT2D eigenvalue weighted by molar-refractivity contribution is 8.00. The molecule has 0 radical (unpaired) electrons. The predicted molar refractivity (Wildman–Crippen MR) is 101 cm³/mol. The number of hydrogen-bond acceptors (Lipinski definition) is 5. The van der Waals surface area contributed by atoms with Crippen LogP contribution in [0.1, 0.15) is 12.5 Å². The van der Waals surface area contributed by atoms with Crippen molar-refractivity contribution in [3.8, 4) is 11.4 Å². The third-order valence-electron chi connectivity index (χ3n) is 3.74. The van der Waals surface area contributed by atoms with E-state index in [2.05, 4.69) is 15.5 Å². The maximum absolute atomic E-state index is 13.0. The van der Waals surface area contributed by atoms with Gasteiger partial charge in [-0.3, -0.25) is 4.79 Å². The fourth-order valence-electron chi connectivity index (χ4n) is 2.25. The third kappa shape index (κ3) is 4.02. The molecule has 1 amide bonds. The van der Waals surface area contributed by atoms with Crippen LogP contribution >= 0.6 is 11.8 Å². The van der Waals surface area contributed by atoms with Gasteiger partial charge in [-0.05, 0) is 50.2 Å². The van der Waals surface area contributed by atoms with E-state index in [0.717, 1.165) is 11.3 Å². The Balaban J connectivity index is 1.69. The second kappa shape index (κ2) is 7.57. The molecule has 0 saturated carbocycles. The van der Waals surface area contributed by atoms with Crippen LogP contribution in [0.15, 0.2) is 53.7 Å². The van der Waals surface area contributed by atoms with Crippen LogP contribution in [0.25, 0.3) is 11.4 Å². The van der Waals surface area contributed by atoms with Crippen molar-refractivity contribution in [2.24, 2.45) is 0 Å². The van der Waals surface area contributed by atoms with Crippen molar-refractivity contribution < 1.29 is 9.18 Å². The van der Waals surface area contributed by atoms with E-state index in [-0.39, 0.29) is 11.7 Å². The zero-order chi connectivity index (χ0) is 18.7. The van der Waals surface area contributed by atoms with E-state index in [1.54, 1.807) is 19.1 Å². The van der Waals surface area contributed by atoms with Gasteiger partial charge >= 0.3 is 0 Å². The lowest BCUT2D eigenvalue weighted by Crippen LogP contribution is -2.23. The first-order valence-electron chi connectivity index (χ1n) is 7.94. The minimum Gasteiger partial charge on any atom is -0.335 e. The lowest BCUT2D eigenvalue weighted by Gasteiger charge is -2.11. The lowest BCUT2D eigenvalue weighted by molar-refractivity contribution is -0.115. The molecule has 0 aliphatic rings. The van der Waals surface area contributed by atoms with E-state index < -0.39 is 5.25 Å². The number of anilines is 1. The van der Waals surface area contributed by atoms with Crippen LogP contribution in [0.3, 0.4) is 0 Å². The number of nitrogens with two attached hydrogens (primary N) is 1. The van der Waals surface area contributed by atoms with E-state index >= 15 is 0 Å². The summed E-state index contributed by atoms with van der Waals surface area (Å²) in [7, 11) is 0. The van der Waals surface area contributed by atoms with E-state index in [4.69, 9.17) is 5.84 Å². The first kappa shape index (κ1) is 17.9. The predicted octanol–water partition coefficient (Wildman–Crippen LogP) is 3.23. The van der Waals surface area contributed by atoms with Gasteiger partial charge < -0.3 is 11.2 Å². The maximum Gasteiger partial charge on any atom is 0.237 e. The number of aromatic nitrogens is 3. The SMILES string of the molecule is Cc1ccc(NC(=O)[C@@H](C)Sc2nnc(-c3ccc(F)cc3)n2N)cc1. The summed E-state index contributed by atoms with van der Waals surface area (Å²) >= 11 is 1.20. The molecule has 0 fully saturated rings. The quantitative estimate of drug-likeness (QED) is 0.531. The Morgan fingerprint density at radius 1 is 1.15 bits per heavy atom. The molecule has 0 aliphatic carbocycles. The molecule has 0 unspecified atom stereocenters. The van der Waals surface area contributed by atoms with Crippen LogP contribution in [-0.4, -0.2) is 26.0 Å². The molecule has 0 saturated heterocycles. The summed E-state index contributed by atoms with van der Waals surface area (Å²) in [6.07, 6.45) is 0. The minimum atomic E-state index is -0.427. The van der Waals surface area contributed by atoms with Gasteiger partial charge in [0.05, 0.1) is 5.25 Å². The fourth-order valence-corrected chi connectivity index (χ4v) is 3.02. The Bertz CT molecular complexity index is 908. The molecule has 1 aromatic heterocycles. The fraction of sp³-hybridized carbons (Fsp3) is 0.167. The zero-order valence-corrected chi connectivity index (χ0v) is 15.1. The van der Waals surface area contributed by atoms with Crippen molar-refractivity contribution >= 4 is 23.4 Å². The van der Waals surface area contributed by atoms with Gasteiger partial charge in [0.25, 0.3) is 0 Å². The number of amides is 1. The number of nitrogen functional groups attached to an aromatic ring is 1. The highest BCUT2D eigenvalue weighted by Crippen LogP contribution is 2.25. The molecule has 0 spiro atoms. The third-order valence-corrected chi connectivity index (χ3v) is 4.79. The van der Waals surface area contributed by atoms with Gasteiger partial charge in [0.2, 0.25) is 11.1 Å². The summed E-state index contributed by atoms with van der Waals surface area (Å²) in [6.45, 7) is 3.75. The van der Waals surface area contributed by atoms with Gasteiger partial charge in [-0.1, -0.05) is 29.5 Å². The topological polar surface area (TPSA) is 85.8 Å². The van der Waals surface area contributed by atoms with Gasteiger partial charge in [-0.25, -0.2) is 9.07 Å². The molecule has 134 valence electrons. The largest absolute Gasteiger partial charge is 0.335 e. The first-order valence-corrected chi connectivity index (χ1v) is 8.82. The van der Waals surface area contributed by atoms with Crippen molar-refractivity contribution in [2.75, 3.05) is 11.2 Å². The van der Waals surface area contributed by atoms with Crippen molar-refractivity contribution in [1.29, 1.82) is 0 Å². The lowest BCUT2D eigenvalue weighted by atomic mass is 10.2. The Hall–Kier alpha value is -2.87. The Morgan fingerprint density at radius 3 is 2.46 bits per heavy atom. The number of halogens is 1. The Labute approximate surface area is 154 Å². The number of aryl methyl sites for hydroxylation is 1. The van der Waals surface area contributed by atoms with Gasteiger partial charge in [0.1, 0.15) is 5.82 Å². The molecule has 2 aromatic carbocycles. The number of benzene rings is 2. The smallest absolute Gasteiger partial charge is 0.237 e. The standard InChI is InChI=1S/C18H18FN5OS/c1-11-3-9-15(10-4-11)21-17(25)12(2)26-18-23-22-16(24(18)20)13-5-7-14(19)8-6-13/h3-10,12H,20H2,1-2H3,(H,21,25)/t12-/m1/s1. The number of nitrogens with one attached hydrogen (secondary N) is 1. The van der Waals surface area contributed by atoms with Crippen molar-refractivity contribution in [3.63, 3.8) is 0 Å². The zero-order valence-electron chi connectivity index (χ0n) is 14.3. The van der Waals surface area contributed by atoms with Crippen LogP contribution in [-0.2, 0) is 4.79 Å². The minimum absolute atomic E-state index is 0.162. The van der Waals surface area contributed by atoms with E-state index in [9.17, 15) is 9.18 Å². The molecular formula is C18H18FN5OS. The number of nitrogens with zero attached hydrogens (tertiary/aromatic N) is 3. The van der Waals surface area contributed by atoms with Crippen LogP contribution in [0.4, 0.5) is 10.1 Å². The molecule has 3 aromatic rings. The number of hydrogen-bond donors (Lipinski definition) is 2. The molecule has 3 rings (SSSR count). The van der Waals surface area contributed by atoms with Gasteiger partial charge in [0, 0.05) is 11.3 Å². The molecule has 1 atom stereocenters. The summed E-state index contributed by atoms with van der Waals surface area (Å²) in [5.41, 5.74) is 2.49. The highest BCUT2D eigenvalue weighted by Gasteiger charge is 2.20. The number of rotatable bonds is 5. The van der Waals surface area contributed by atoms with Gasteiger partial charge in [0.15, 0.2) is 5.82 Å². The summed E-state index contributed by atoms with van der Waals surface area (Å²) in [4.78, 5) is 12.4. The van der Waals surface area contributed by atoms with Crippen LogP contribution < -0.4 is 11.2 Å². The number of carbonyl (C=O) groups is 1. The monoisotopic (exact) mass is 371 g/mol. The van der Waals surface area contributed by atoms with E-state index in [0.29, 0.717) is 16.5 Å². The van der Waals surface area contributed by atoms with E-state index in [1.807, 2.05) is 31.2 Å². The Kier molecular flexibility index (Phi) is 5.22. The molecule has 0 bridgehead atoms. The summed E-state index contributed by atoms with van der Waals surface area (Å²) in [6, 6.07) is 13.4. The maximum atomic E-state index is 13.0. The van der Waals surface area contributed by atoms with E-state index in [1.165, 1.54) is 28.6 Å². The second-order valence-electron chi connectivity index (χ2n) is 5.80. The summed E-state index contributed by atoms with van der Waals surface area (Å²) < 4.78 is 14.3. The van der Waals surface area contributed by atoms with Gasteiger partial charge in [-0.2, -0.15) is 0 Å². The molecule has 6 nitrogen and oxygen atoms in total. The molecule has 1 heterocycles. The molecule has 8 heteroatoms. The average Bonchev–Trinajstić information content (AvgIpc) is 2.98. The number of carbonyl (C=O) groups excluding carboxylic acids is 1. The summed E-state index contributed by atoms with van der Waals surface area (Å²) in [5, 5.41) is 10.9. The van der Waals surface area contributed by atoms with Crippen molar-refractivity contribution in [2.45, 2.75) is 24.3 Å². The van der Waals surface area contributed by atoms with Crippen LogP contribution in [0.2, 0.25) is 0 Å². The Morgan fingerprint density at radius 2 is 1.81 bits per heavy atom.